The fourth-order valence-corrected chi connectivity index (χ4v) is 3.29. The van der Waals surface area contributed by atoms with Crippen molar-refractivity contribution in [1.29, 1.82) is 0 Å². The summed E-state index contributed by atoms with van der Waals surface area (Å²) < 4.78 is 0. The van der Waals surface area contributed by atoms with Crippen LogP contribution in [0.4, 0.5) is 0 Å². The smallest absolute Gasteiger partial charge is 0.0176 e. The molecule has 0 aromatic heterocycles. The third kappa shape index (κ3) is 1.04. The monoisotopic (exact) mass is 164 g/mol. The van der Waals surface area contributed by atoms with Gasteiger partial charge >= 0.3 is 0 Å². The average molecular weight is 164 g/mol. The number of hydrogen-bond acceptors (Lipinski definition) is 0. The third-order valence-electron chi connectivity index (χ3n) is 4.00. The molecule has 0 aliphatic heterocycles. The molecule has 0 amide bonds. The van der Waals surface area contributed by atoms with Crippen LogP contribution in [-0.4, -0.2) is 0 Å². The standard InChI is InChI=1S/C12H20/c1-11(2)8-12(3,4)10-6-5-9(11)7-10/h5-6,9-10H,7-8H2,1-4H3. The van der Waals surface area contributed by atoms with Crippen LogP contribution in [0.15, 0.2) is 12.2 Å². The highest BCUT2D eigenvalue weighted by Crippen LogP contribution is 2.56. The van der Waals surface area contributed by atoms with E-state index in [0.717, 1.165) is 11.8 Å². The zero-order valence-corrected chi connectivity index (χ0v) is 8.72. The van der Waals surface area contributed by atoms with Gasteiger partial charge in [-0.15, -0.1) is 0 Å². The van der Waals surface area contributed by atoms with E-state index in [1.807, 2.05) is 0 Å². The minimum absolute atomic E-state index is 0.535. The first-order chi connectivity index (χ1) is 5.42. The van der Waals surface area contributed by atoms with Crippen LogP contribution in [0.3, 0.4) is 0 Å². The lowest BCUT2D eigenvalue weighted by Gasteiger charge is -2.46. The van der Waals surface area contributed by atoms with Crippen molar-refractivity contribution in [2.45, 2.75) is 40.5 Å². The molecule has 2 unspecified atom stereocenters. The fraction of sp³-hybridized carbons (Fsp3) is 0.833. The lowest BCUT2D eigenvalue weighted by atomic mass is 9.59. The first kappa shape index (κ1) is 8.34. The second-order valence-electron chi connectivity index (χ2n) is 5.99. The maximum atomic E-state index is 2.46. The number of allylic oxidation sites excluding steroid dienone is 2. The van der Waals surface area contributed by atoms with E-state index in [-0.39, 0.29) is 0 Å². The van der Waals surface area contributed by atoms with Gasteiger partial charge in [0.25, 0.3) is 0 Å². The predicted molar refractivity (Wildman–Crippen MR) is 52.9 cm³/mol. The number of rotatable bonds is 0. The van der Waals surface area contributed by atoms with E-state index in [1.165, 1.54) is 12.8 Å². The molecule has 0 N–H and O–H groups in total. The maximum Gasteiger partial charge on any atom is -0.0176 e. The summed E-state index contributed by atoms with van der Waals surface area (Å²) in [6, 6.07) is 0. The lowest BCUT2D eigenvalue weighted by molar-refractivity contribution is 0.0513. The van der Waals surface area contributed by atoms with Gasteiger partial charge in [-0.1, -0.05) is 39.8 Å². The van der Waals surface area contributed by atoms with Crippen LogP contribution in [0.1, 0.15) is 40.5 Å². The Labute approximate surface area is 76.1 Å². The highest BCUT2D eigenvalue weighted by Gasteiger charge is 2.46. The molecule has 0 aromatic rings. The molecule has 0 aromatic carbocycles. The van der Waals surface area contributed by atoms with E-state index in [4.69, 9.17) is 0 Å². The number of hydrogen-bond donors (Lipinski definition) is 0. The first-order valence-electron chi connectivity index (χ1n) is 5.10. The summed E-state index contributed by atoms with van der Waals surface area (Å²) in [6.45, 7) is 9.69. The van der Waals surface area contributed by atoms with Gasteiger partial charge in [-0.2, -0.15) is 0 Å². The zero-order chi connectivity index (χ0) is 8.98. The minimum atomic E-state index is 0.535. The van der Waals surface area contributed by atoms with Gasteiger partial charge in [-0.3, -0.25) is 0 Å². The highest BCUT2D eigenvalue weighted by atomic mass is 14.5. The van der Waals surface area contributed by atoms with Crippen molar-refractivity contribution >= 4 is 0 Å². The second kappa shape index (κ2) is 2.16. The molecule has 1 fully saturated rings. The van der Waals surface area contributed by atoms with Gasteiger partial charge in [0.05, 0.1) is 0 Å². The van der Waals surface area contributed by atoms with Gasteiger partial charge in [0.15, 0.2) is 0 Å². The summed E-state index contributed by atoms with van der Waals surface area (Å²) in [4.78, 5) is 0. The molecule has 0 spiro atoms. The maximum absolute atomic E-state index is 2.46. The Balaban J connectivity index is 2.32. The molecule has 12 heavy (non-hydrogen) atoms. The van der Waals surface area contributed by atoms with Gasteiger partial charge in [-0.05, 0) is 35.5 Å². The van der Waals surface area contributed by atoms with Crippen molar-refractivity contribution < 1.29 is 0 Å². The molecule has 68 valence electrons. The average Bonchev–Trinajstić information content (AvgIpc) is 2.26. The Hall–Kier alpha value is -0.260. The number of fused-ring (bicyclic) bond motifs is 2. The molecule has 0 radical (unpaired) electrons. The third-order valence-corrected chi connectivity index (χ3v) is 4.00. The molecule has 2 rings (SSSR count). The molecule has 2 aliphatic carbocycles. The van der Waals surface area contributed by atoms with Crippen LogP contribution in [0.25, 0.3) is 0 Å². The van der Waals surface area contributed by atoms with Crippen LogP contribution < -0.4 is 0 Å². The van der Waals surface area contributed by atoms with E-state index in [2.05, 4.69) is 39.8 Å². The van der Waals surface area contributed by atoms with Gasteiger partial charge in [0, 0.05) is 0 Å². The van der Waals surface area contributed by atoms with Crippen molar-refractivity contribution in [2.24, 2.45) is 22.7 Å². The quantitative estimate of drug-likeness (QED) is 0.479. The molecule has 1 saturated carbocycles. The zero-order valence-electron chi connectivity index (χ0n) is 8.72. The van der Waals surface area contributed by atoms with E-state index < -0.39 is 0 Å². The Bertz CT molecular complexity index is 198. The largest absolute Gasteiger partial charge is 0.0846 e. The van der Waals surface area contributed by atoms with E-state index >= 15 is 0 Å². The molecule has 0 heterocycles. The van der Waals surface area contributed by atoms with Crippen molar-refractivity contribution in [3.05, 3.63) is 12.2 Å². The molecule has 0 nitrogen and oxygen atoms in total. The highest BCUT2D eigenvalue weighted by molar-refractivity contribution is 5.14. The van der Waals surface area contributed by atoms with Crippen molar-refractivity contribution in [3.63, 3.8) is 0 Å². The topological polar surface area (TPSA) is 0 Å². The van der Waals surface area contributed by atoms with Crippen molar-refractivity contribution in [3.8, 4) is 0 Å². The fourth-order valence-electron chi connectivity index (χ4n) is 3.29. The minimum Gasteiger partial charge on any atom is -0.0846 e. The summed E-state index contributed by atoms with van der Waals surface area (Å²) in [5, 5.41) is 0. The Morgan fingerprint density at radius 1 is 0.917 bits per heavy atom. The molecular formula is C12H20. The summed E-state index contributed by atoms with van der Waals surface area (Å²) in [7, 11) is 0. The Kier molecular flexibility index (Phi) is 1.50. The van der Waals surface area contributed by atoms with Crippen molar-refractivity contribution in [1.82, 2.24) is 0 Å². The van der Waals surface area contributed by atoms with E-state index in [1.54, 1.807) is 0 Å². The molecule has 0 saturated heterocycles. The van der Waals surface area contributed by atoms with Crippen LogP contribution in [0.5, 0.6) is 0 Å². The normalized spacial score (nSPS) is 41.7. The Morgan fingerprint density at radius 3 is 1.75 bits per heavy atom. The molecular weight excluding hydrogens is 144 g/mol. The molecule has 2 atom stereocenters. The molecule has 2 bridgehead atoms. The van der Waals surface area contributed by atoms with Crippen molar-refractivity contribution in [2.75, 3.05) is 0 Å². The Morgan fingerprint density at radius 2 is 1.33 bits per heavy atom. The first-order valence-corrected chi connectivity index (χ1v) is 5.10. The predicted octanol–water partition coefficient (Wildman–Crippen LogP) is 3.63. The van der Waals surface area contributed by atoms with E-state index in [9.17, 15) is 0 Å². The lowest BCUT2D eigenvalue weighted by Crippen LogP contribution is -2.37. The molecule has 0 heteroatoms. The van der Waals surface area contributed by atoms with Crippen LogP contribution in [-0.2, 0) is 0 Å². The van der Waals surface area contributed by atoms with Gasteiger partial charge in [0.2, 0.25) is 0 Å². The summed E-state index contributed by atoms with van der Waals surface area (Å²) >= 11 is 0. The summed E-state index contributed by atoms with van der Waals surface area (Å²) in [5.41, 5.74) is 1.07. The van der Waals surface area contributed by atoms with Gasteiger partial charge in [-0.25, -0.2) is 0 Å². The molecule has 2 aliphatic rings. The van der Waals surface area contributed by atoms with Crippen LogP contribution in [0, 0.1) is 22.7 Å². The summed E-state index contributed by atoms with van der Waals surface area (Å²) in [5.74, 6) is 1.71. The van der Waals surface area contributed by atoms with Gasteiger partial charge < -0.3 is 0 Å². The van der Waals surface area contributed by atoms with Gasteiger partial charge in [0.1, 0.15) is 0 Å². The van der Waals surface area contributed by atoms with Crippen LogP contribution in [0.2, 0.25) is 0 Å². The SMILES string of the molecule is CC1(C)CC(C)(C)C2C=CC1C2. The summed E-state index contributed by atoms with van der Waals surface area (Å²) in [6.07, 6.45) is 7.70. The second-order valence-corrected chi connectivity index (χ2v) is 5.99. The van der Waals surface area contributed by atoms with Crippen LogP contribution >= 0.6 is 0 Å². The van der Waals surface area contributed by atoms with E-state index in [0.29, 0.717) is 10.8 Å².